The van der Waals surface area contributed by atoms with Crippen LogP contribution in [0.4, 0.5) is 0 Å². The molecule has 0 aliphatic rings. The highest BCUT2D eigenvalue weighted by molar-refractivity contribution is 6.30. The van der Waals surface area contributed by atoms with Crippen molar-refractivity contribution < 1.29 is 4.79 Å². The lowest BCUT2D eigenvalue weighted by molar-refractivity contribution is 0.0752. The third-order valence-corrected chi connectivity index (χ3v) is 3.83. The molecule has 0 bridgehead atoms. The number of alkyl halides is 1. The molecule has 0 radical (unpaired) electrons. The number of nitrogens with zero attached hydrogens (tertiary/aromatic N) is 1. The van der Waals surface area contributed by atoms with Gasteiger partial charge in [-0.3, -0.25) is 4.79 Å². The van der Waals surface area contributed by atoms with Crippen molar-refractivity contribution in [1.82, 2.24) is 4.90 Å². The lowest BCUT2D eigenvalue weighted by Crippen LogP contribution is -2.30. The highest BCUT2D eigenvalue weighted by atomic mass is 35.5. The fourth-order valence-corrected chi connectivity index (χ4v) is 2.49. The normalized spacial score (nSPS) is 10.4. The van der Waals surface area contributed by atoms with Crippen molar-refractivity contribution in [2.24, 2.45) is 0 Å². The van der Waals surface area contributed by atoms with E-state index in [0.29, 0.717) is 29.6 Å². The summed E-state index contributed by atoms with van der Waals surface area (Å²) < 4.78 is 0. The number of amides is 1. The number of hydrogen-bond donors (Lipinski definition) is 0. The van der Waals surface area contributed by atoms with Crippen molar-refractivity contribution in [1.29, 1.82) is 0 Å². The summed E-state index contributed by atoms with van der Waals surface area (Å²) >= 11 is 11.7. The third-order valence-electron chi connectivity index (χ3n) is 3.29. The lowest BCUT2D eigenvalue weighted by atomic mass is 10.1. The zero-order chi connectivity index (χ0) is 15.2. The molecule has 21 heavy (non-hydrogen) atoms. The standard InChI is InChI=1S/C17H17Cl2NO/c1-2-20(12-14-4-3-5-16(19)10-14)17(21)15-8-6-13(11-18)7-9-15/h3-10H,2,11-12H2,1H3. The Hall–Kier alpha value is -1.51. The molecule has 0 spiro atoms. The van der Waals surface area contributed by atoms with Gasteiger partial charge in [-0.25, -0.2) is 0 Å². The minimum Gasteiger partial charge on any atom is -0.335 e. The van der Waals surface area contributed by atoms with E-state index in [0.717, 1.165) is 11.1 Å². The smallest absolute Gasteiger partial charge is 0.254 e. The SMILES string of the molecule is CCN(Cc1cccc(Cl)c1)C(=O)c1ccc(CCl)cc1. The summed E-state index contributed by atoms with van der Waals surface area (Å²) in [6.45, 7) is 3.16. The molecular formula is C17H17Cl2NO. The minimum absolute atomic E-state index is 0.0126. The Morgan fingerprint density at radius 3 is 2.38 bits per heavy atom. The molecule has 110 valence electrons. The molecule has 2 aromatic carbocycles. The molecule has 0 saturated carbocycles. The van der Waals surface area contributed by atoms with E-state index >= 15 is 0 Å². The third kappa shape index (κ3) is 4.23. The Morgan fingerprint density at radius 2 is 1.81 bits per heavy atom. The predicted molar refractivity (Wildman–Crippen MR) is 87.9 cm³/mol. The van der Waals surface area contributed by atoms with Gasteiger partial charge < -0.3 is 4.90 Å². The van der Waals surface area contributed by atoms with Crippen LogP contribution in [-0.2, 0) is 12.4 Å². The minimum atomic E-state index is 0.0126. The molecule has 0 aromatic heterocycles. The molecule has 0 unspecified atom stereocenters. The molecule has 0 aliphatic heterocycles. The summed E-state index contributed by atoms with van der Waals surface area (Å²) in [5.74, 6) is 0.465. The number of benzene rings is 2. The van der Waals surface area contributed by atoms with Gasteiger partial charge in [0.1, 0.15) is 0 Å². The highest BCUT2D eigenvalue weighted by Gasteiger charge is 2.14. The van der Waals surface area contributed by atoms with Crippen molar-refractivity contribution in [3.05, 3.63) is 70.2 Å². The molecule has 4 heteroatoms. The van der Waals surface area contributed by atoms with E-state index in [1.54, 1.807) is 4.90 Å². The molecule has 0 fully saturated rings. The van der Waals surface area contributed by atoms with Crippen LogP contribution >= 0.6 is 23.2 Å². The first-order valence-corrected chi connectivity index (χ1v) is 7.74. The van der Waals surface area contributed by atoms with Gasteiger partial charge in [-0.2, -0.15) is 0 Å². The second kappa shape index (κ2) is 7.48. The van der Waals surface area contributed by atoms with Crippen LogP contribution < -0.4 is 0 Å². The maximum atomic E-state index is 12.5. The molecular weight excluding hydrogens is 305 g/mol. The van der Waals surface area contributed by atoms with Gasteiger partial charge in [0.15, 0.2) is 0 Å². The zero-order valence-corrected chi connectivity index (χ0v) is 13.4. The van der Waals surface area contributed by atoms with Crippen LogP contribution in [0.15, 0.2) is 48.5 Å². The van der Waals surface area contributed by atoms with E-state index in [1.165, 1.54) is 0 Å². The number of rotatable bonds is 5. The van der Waals surface area contributed by atoms with Gasteiger partial charge >= 0.3 is 0 Å². The van der Waals surface area contributed by atoms with Gasteiger partial charge in [0.25, 0.3) is 5.91 Å². The zero-order valence-electron chi connectivity index (χ0n) is 11.9. The van der Waals surface area contributed by atoms with Crippen LogP contribution in [0.2, 0.25) is 5.02 Å². The van der Waals surface area contributed by atoms with E-state index in [-0.39, 0.29) is 5.91 Å². The van der Waals surface area contributed by atoms with Gasteiger partial charge in [0.05, 0.1) is 0 Å². The fourth-order valence-electron chi connectivity index (χ4n) is 2.10. The monoisotopic (exact) mass is 321 g/mol. The van der Waals surface area contributed by atoms with Crippen LogP contribution in [-0.4, -0.2) is 17.4 Å². The largest absolute Gasteiger partial charge is 0.335 e. The summed E-state index contributed by atoms with van der Waals surface area (Å²) in [5.41, 5.74) is 2.70. The quantitative estimate of drug-likeness (QED) is 0.728. The molecule has 2 aromatic rings. The maximum absolute atomic E-state index is 12.5. The first kappa shape index (κ1) is 15.9. The Balaban J connectivity index is 2.14. The van der Waals surface area contributed by atoms with Gasteiger partial charge in [0, 0.05) is 29.6 Å². The summed E-state index contributed by atoms with van der Waals surface area (Å²) in [6.07, 6.45) is 0. The van der Waals surface area contributed by atoms with E-state index in [4.69, 9.17) is 23.2 Å². The summed E-state index contributed by atoms with van der Waals surface area (Å²) in [4.78, 5) is 14.3. The second-order valence-corrected chi connectivity index (χ2v) is 5.48. The highest BCUT2D eigenvalue weighted by Crippen LogP contribution is 2.15. The van der Waals surface area contributed by atoms with E-state index in [2.05, 4.69) is 0 Å². The summed E-state index contributed by atoms with van der Waals surface area (Å²) in [6, 6.07) is 15.0. The summed E-state index contributed by atoms with van der Waals surface area (Å²) in [5, 5.41) is 0.683. The average molecular weight is 322 g/mol. The molecule has 0 saturated heterocycles. The van der Waals surface area contributed by atoms with Crippen LogP contribution in [0, 0.1) is 0 Å². The molecule has 2 nitrogen and oxygen atoms in total. The average Bonchev–Trinajstić information content (AvgIpc) is 2.52. The lowest BCUT2D eigenvalue weighted by Gasteiger charge is -2.21. The summed E-state index contributed by atoms with van der Waals surface area (Å²) in [7, 11) is 0. The molecule has 0 atom stereocenters. The van der Waals surface area contributed by atoms with Crippen LogP contribution in [0.3, 0.4) is 0 Å². The van der Waals surface area contributed by atoms with Crippen LogP contribution in [0.1, 0.15) is 28.4 Å². The first-order chi connectivity index (χ1) is 10.1. The Bertz CT molecular complexity index is 610. The van der Waals surface area contributed by atoms with E-state index in [1.807, 2.05) is 55.5 Å². The van der Waals surface area contributed by atoms with E-state index in [9.17, 15) is 4.79 Å². The number of halogens is 2. The molecule has 0 N–H and O–H groups in total. The van der Waals surface area contributed by atoms with Gasteiger partial charge in [-0.1, -0.05) is 35.9 Å². The second-order valence-electron chi connectivity index (χ2n) is 4.78. The van der Waals surface area contributed by atoms with Gasteiger partial charge in [0.2, 0.25) is 0 Å². The van der Waals surface area contributed by atoms with Gasteiger partial charge in [-0.15, -0.1) is 11.6 Å². The first-order valence-electron chi connectivity index (χ1n) is 6.82. The molecule has 0 aliphatic carbocycles. The topological polar surface area (TPSA) is 20.3 Å². The maximum Gasteiger partial charge on any atom is 0.254 e. The van der Waals surface area contributed by atoms with Crippen molar-refractivity contribution in [3.8, 4) is 0 Å². The predicted octanol–water partition coefficient (Wildman–Crippen LogP) is 4.74. The van der Waals surface area contributed by atoms with E-state index < -0.39 is 0 Å². The molecule has 1 amide bonds. The Labute approximate surface area is 135 Å². The molecule has 0 heterocycles. The van der Waals surface area contributed by atoms with Crippen molar-refractivity contribution >= 4 is 29.1 Å². The van der Waals surface area contributed by atoms with Crippen molar-refractivity contribution in [2.75, 3.05) is 6.54 Å². The number of carbonyl (C=O) groups is 1. The van der Waals surface area contributed by atoms with Crippen molar-refractivity contribution in [3.63, 3.8) is 0 Å². The number of hydrogen-bond acceptors (Lipinski definition) is 1. The Morgan fingerprint density at radius 1 is 1.10 bits per heavy atom. The number of carbonyl (C=O) groups excluding carboxylic acids is 1. The Kier molecular flexibility index (Phi) is 5.66. The van der Waals surface area contributed by atoms with Crippen LogP contribution in [0.5, 0.6) is 0 Å². The van der Waals surface area contributed by atoms with Crippen molar-refractivity contribution in [2.45, 2.75) is 19.3 Å². The fraction of sp³-hybridized carbons (Fsp3) is 0.235. The van der Waals surface area contributed by atoms with Crippen LogP contribution in [0.25, 0.3) is 0 Å². The molecule has 2 rings (SSSR count). The van der Waals surface area contributed by atoms with Gasteiger partial charge in [-0.05, 0) is 42.3 Å².